The highest BCUT2D eigenvalue weighted by molar-refractivity contribution is 8.13. The van der Waals surface area contributed by atoms with Crippen molar-refractivity contribution in [3.8, 4) is 0 Å². The van der Waals surface area contributed by atoms with E-state index in [9.17, 15) is 9.59 Å². The van der Waals surface area contributed by atoms with Crippen molar-refractivity contribution in [1.82, 2.24) is 0 Å². The largest absolute Gasteiger partial charge is 0.299 e. The topological polar surface area (TPSA) is 34.1 Å². The van der Waals surface area contributed by atoms with Gasteiger partial charge in [-0.05, 0) is 79.5 Å². The van der Waals surface area contributed by atoms with E-state index in [1.807, 2.05) is 0 Å². The Hall–Kier alpha value is -1.09. The molecule has 0 saturated heterocycles. The molecule has 4 rings (SSSR count). The highest BCUT2D eigenvalue weighted by Crippen LogP contribution is 2.60. The van der Waals surface area contributed by atoms with Crippen molar-refractivity contribution < 1.29 is 9.59 Å². The standard InChI is InChI=1S/C21H26O2S/c1-12-4-8-18(24-13(2)22)20-14(12)5-6-15-16(20)10-11-21(3)17(15)7-9-19(21)23/h4,8,15-17H,5-7,9-11H2,1-3H3/t15-,16+,17+,21+/m1/s1. The summed E-state index contributed by atoms with van der Waals surface area (Å²) in [7, 11) is 0. The first kappa shape index (κ1) is 16.4. The van der Waals surface area contributed by atoms with Gasteiger partial charge in [-0.2, -0.15) is 0 Å². The third kappa shape index (κ3) is 2.31. The molecular formula is C21H26O2S. The van der Waals surface area contributed by atoms with Gasteiger partial charge in [-0.25, -0.2) is 0 Å². The van der Waals surface area contributed by atoms with Gasteiger partial charge in [-0.3, -0.25) is 9.59 Å². The number of thioether (sulfide) groups is 1. The summed E-state index contributed by atoms with van der Waals surface area (Å²) in [5.41, 5.74) is 4.23. The van der Waals surface area contributed by atoms with Crippen LogP contribution in [0.4, 0.5) is 0 Å². The number of ketones is 1. The fourth-order valence-electron chi connectivity index (χ4n) is 5.86. The fourth-order valence-corrected chi connectivity index (χ4v) is 6.70. The van der Waals surface area contributed by atoms with Crippen molar-refractivity contribution in [2.24, 2.45) is 17.3 Å². The molecule has 0 aliphatic heterocycles. The van der Waals surface area contributed by atoms with Crippen molar-refractivity contribution in [2.45, 2.75) is 70.1 Å². The molecule has 2 fully saturated rings. The van der Waals surface area contributed by atoms with Crippen LogP contribution in [0, 0.1) is 24.2 Å². The van der Waals surface area contributed by atoms with Crippen LogP contribution in [0.25, 0.3) is 0 Å². The Bertz CT molecular complexity index is 723. The van der Waals surface area contributed by atoms with Gasteiger partial charge in [-0.15, -0.1) is 0 Å². The smallest absolute Gasteiger partial charge is 0.190 e. The Kier molecular flexibility index (Phi) is 3.91. The molecule has 3 aliphatic carbocycles. The lowest BCUT2D eigenvalue weighted by molar-refractivity contribution is -0.129. The van der Waals surface area contributed by atoms with E-state index in [0.29, 0.717) is 23.5 Å². The summed E-state index contributed by atoms with van der Waals surface area (Å²) in [4.78, 5) is 25.4. The van der Waals surface area contributed by atoms with Gasteiger partial charge in [0.15, 0.2) is 5.12 Å². The number of aryl methyl sites for hydroxylation is 1. The molecule has 0 aromatic heterocycles. The minimum Gasteiger partial charge on any atom is -0.299 e. The number of carbonyl (C=O) groups excluding carboxylic acids is 2. The highest BCUT2D eigenvalue weighted by atomic mass is 32.2. The number of hydrogen-bond acceptors (Lipinski definition) is 3. The third-order valence-electron chi connectivity index (χ3n) is 7.05. The first-order chi connectivity index (χ1) is 11.4. The van der Waals surface area contributed by atoms with Crippen molar-refractivity contribution in [1.29, 1.82) is 0 Å². The number of benzene rings is 1. The van der Waals surface area contributed by atoms with Crippen LogP contribution in [0.1, 0.15) is 68.6 Å². The zero-order valence-corrected chi connectivity index (χ0v) is 15.7. The molecule has 0 radical (unpaired) electrons. The van der Waals surface area contributed by atoms with Crippen LogP contribution < -0.4 is 0 Å². The Morgan fingerprint density at radius 2 is 2.00 bits per heavy atom. The minimum absolute atomic E-state index is 0.0730. The summed E-state index contributed by atoms with van der Waals surface area (Å²) >= 11 is 1.40. The van der Waals surface area contributed by atoms with Gasteiger partial charge in [0.25, 0.3) is 0 Å². The molecule has 0 N–H and O–H groups in total. The fraction of sp³-hybridized carbons (Fsp3) is 0.619. The maximum Gasteiger partial charge on any atom is 0.190 e. The molecule has 0 heterocycles. The predicted octanol–water partition coefficient (Wildman–Crippen LogP) is 5.06. The number of hydrogen-bond donors (Lipinski definition) is 0. The van der Waals surface area contributed by atoms with Gasteiger partial charge in [0, 0.05) is 23.7 Å². The normalized spacial score (nSPS) is 34.5. The van der Waals surface area contributed by atoms with E-state index < -0.39 is 0 Å². The van der Waals surface area contributed by atoms with E-state index in [-0.39, 0.29) is 10.5 Å². The van der Waals surface area contributed by atoms with Gasteiger partial charge in [0.2, 0.25) is 0 Å². The van der Waals surface area contributed by atoms with Crippen molar-refractivity contribution >= 4 is 22.7 Å². The molecule has 1 aromatic carbocycles. The molecular weight excluding hydrogens is 316 g/mol. The summed E-state index contributed by atoms with van der Waals surface area (Å²) in [5.74, 6) is 2.21. The highest BCUT2D eigenvalue weighted by Gasteiger charge is 2.54. The molecule has 2 nitrogen and oxygen atoms in total. The van der Waals surface area contributed by atoms with Gasteiger partial charge in [-0.1, -0.05) is 24.8 Å². The van der Waals surface area contributed by atoms with E-state index in [1.165, 1.54) is 39.8 Å². The lowest BCUT2D eigenvalue weighted by Gasteiger charge is -2.49. The molecule has 1 aromatic rings. The number of carbonyl (C=O) groups is 2. The van der Waals surface area contributed by atoms with Gasteiger partial charge in [0.1, 0.15) is 5.78 Å². The Balaban J connectivity index is 1.78. The van der Waals surface area contributed by atoms with E-state index in [4.69, 9.17) is 0 Å². The number of fused-ring (bicyclic) bond motifs is 5. The average Bonchev–Trinajstić information content (AvgIpc) is 2.85. The Morgan fingerprint density at radius 1 is 1.21 bits per heavy atom. The maximum absolute atomic E-state index is 12.5. The van der Waals surface area contributed by atoms with Crippen LogP contribution in [-0.4, -0.2) is 10.9 Å². The Labute approximate surface area is 148 Å². The van der Waals surface area contributed by atoms with Crippen molar-refractivity contribution in [3.05, 3.63) is 28.8 Å². The second-order valence-electron chi connectivity index (χ2n) is 8.20. The molecule has 128 valence electrons. The number of Topliss-reactive ketones (excluding diaryl/α,β-unsaturated/α-hetero) is 1. The monoisotopic (exact) mass is 342 g/mol. The second-order valence-corrected chi connectivity index (χ2v) is 9.42. The van der Waals surface area contributed by atoms with E-state index in [1.54, 1.807) is 6.92 Å². The van der Waals surface area contributed by atoms with Gasteiger partial charge >= 0.3 is 0 Å². The van der Waals surface area contributed by atoms with Crippen molar-refractivity contribution in [2.75, 3.05) is 0 Å². The second kappa shape index (κ2) is 5.72. The molecule has 2 saturated carbocycles. The molecule has 0 unspecified atom stereocenters. The molecule has 3 aliphatic rings. The molecule has 0 bridgehead atoms. The maximum atomic E-state index is 12.5. The van der Waals surface area contributed by atoms with Crippen LogP contribution >= 0.6 is 11.8 Å². The van der Waals surface area contributed by atoms with Gasteiger partial charge in [0.05, 0.1) is 0 Å². The van der Waals surface area contributed by atoms with Crippen LogP contribution in [0.15, 0.2) is 17.0 Å². The van der Waals surface area contributed by atoms with E-state index >= 15 is 0 Å². The summed E-state index contributed by atoms with van der Waals surface area (Å²) in [6, 6.07) is 4.33. The molecule has 3 heteroatoms. The van der Waals surface area contributed by atoms with E-state index in [2.05, 4.69) is 26.0 Å². The van der Waals surface area contributed by atoms with Crippen LogP contribution in [0.5, 0.6) is 0 Å². The average molecular weight is 343 g/mol. The Morgan fingerprint density at radius 3 is 2.75 bits per heavy atom. The van der Waals surface area contributed by atoms with Crippen LogP contribution in [-0.2, 0) is 16.0 Å². The summed E-state index contributed by atoms with van der Waals surface area (Å²) in [6.07, 6.45) is 6.29. The minimum atomic E-state index is -0.0730. The summed E-state index contributed by atoms with van der Waals surface area (Å²) < 4.78 is 0. The predicted molar refractivity (Wildman–Crippen MR) is 97.3 cm³/mol. The van der Waals surface area contributed by atoms with E-state index in [0.717, 1.165) is 32.1 Å². The first-order valence-electron chi connectivity index (χ1n) is 9.26. The lowest BCUT2D eigenvalue weighted by atomic mass is 9.55. The van der Waals surface area contributed by atoms with Gasteiger partial charge < -0.3 is 0 Å². The van der Waals surface area contributed by atoms with Crippen LogP contribution in [0.3, 0.4) is 0 Å². The zero-order chi connectivity index (χ0) is 17.1. The molecule has 24 heavy (non-hydrogen) atoms. The van der Waals surface area contributed by atoms with Crippen molar-refractivity contribution in [3.63, 3.8) is 0 Å². The quantitative estimate of drug-likeness (QED) is 0.669. The lowest BCUT2D eigenvalue weighted by Crippen LogP contribution is -2.42. The molecule has 0 spiro atoms. The number of rotatable bonds is 1. The van der Waals surface area contributed by atoms with Crippen LogP contribution in [0.2, 0.25) is 0 Å². The summed E-state index contributed by atoms with van der Waals surface area (Å²) in [5, 5.41) is 0.167. The molecule has 4 atom stereocenters. The first-order valence-corrected chi connectivity index (χ1v) is 10.1. The third-order valence-corrected chi connectivity index (χ3v) is 7.91. The SMILES string of the molecule is CC(=O)Sc1ccc(C)c2c1[C@H]1CC[C@]3(C)C(=O)CC[C@H]3[C@@H]1CC2. The zero-order valence-electron chi connectivity index (χ0n) is 14.9. The molecule has 0 amide bonds. The summed E-state index contributed by atoms with van der Waals surface area (Å²) in [6.45, 7) is 6.08.